The number of hydrogen-bond donors (Lipinski definition) is 0. The Bertz CT molecular complexity index is 437. The fourth-order valence-corrected chi connectivity index (χ4v) is 1.63. The Morgan fingerprint density at radius 1 is 1.24 bits per heavy atom. The van der Waals surface area contributed by atoms with Crippen LogP contribution < -0.4 is 0 Å². The van der Waals surface area contributed by atoms with Crippen molar-refractivity contribution in [1.82, 2.24) is 25.2 Å². The highest BCUT2D eigenvalue weighted by Gasteiger charge is 2.04. The number of aromatic nitrogens is 5. The fraction of sp³-hybridized carbons (Fsp3) is 0.500. The van der Waals surface area contributed by atoms with Gasteiger partial charge in [0.15, 0.2) is 0 Å². The highest BCUT2D eigenvalue weighted by atomic mass is 15.6. The molecule has 0 saturated carbocycles. The number of nitrogens with zero attached hydrogens (tertiary/aromatic N) is 5. The molecule has 2 rings (SSSR count). The van der Waals surface area contributed by atoms with Gasteiger partial charge in [0.2, 0.25) is 5.82 Å². The van der Waals surface area contributed by atoms with Gasteiger partial charge in [-0.05, 0) is 23.8 Å². The third kappa shape index (κ3) is 3.34. The first kappa shape index (κ1) is 11.7. The number of rotatable bonds is 6. The summed E-state index contributed by atoms with van der Waals surface area (Å²) >= 11 is 0. The lowest BCUT2D eigenvalue weighted by Gasteiger charge is -1.97. The van der Waals surface area contributed by atoms with Crippen molar-refractivity contribution in [1.29, 1.82) is 0 Å². The molecule has 0 aliphatic carbocycles. The molecule has 0 spiro atoms. The molecule has 0 unspecified atom stereocenters. The van der Waals surface area contributed by atoms with Crippen LogP contribution in [0.2, 0.25) is 0 Å². The second kappa shape index (κ2) is 6.08. The molecule has 2 heterocycles. The van der Waals surface area contributed by atoms with Crippen LogP contribution in [0.5, 0.6) is 0 Å². The Morgan fingerprint density at radius 2 is 2.18 bits per heavy atom. The van der Waals surface area contributed by atoms with Crippen molar-refractivity contribution in [3.63, 3.8) is 0 Å². The van der Waals surface area contributed by atoms with Crippen LogP contribution in [0.15, 0.2) is 24.5 Å². The molecule has 2 aromatic heterocycles. The summed E-state index contributed by atoms with van der Waals surface area (Å²) in [5.74, 6) is 0.647. The Labute approximate surface area is 101 Å². The molecule has 0 bridgehead atoms. The normalized spacial score (nSPS) is 10.6. The first-order valence-corrected chi connectivity index (χ1v) is 6.08. The van der Waals surface area contributed by atoms with E-state index in [4.69, 9.17) is 0 Å². The van der Waals surface area contributed by atoms with Crippen LogP contribution in [0.4, 0.5) is 0 Å². The first-order chi connectivity index (χ1) is 8.40. The molecule has 0 aliphatic heterocycles. The van der Waals surface area contributed by atoms with E-state index in [1.54, 1.807) is 17.2 Å². The first-order valence-electron chi connectivity index (χ1n) is 6.08. The van der Waals surface area contributed by atoms with Crippen molar-refractivity contribution in [2.45, 2.75) is 39.2 Å². The van der Waals surface area contributed by atoms with Gasteiger partial charge in [0, 0.05) is 18.0 Å². The van der Waals surface area contributed by atoms with E-state index in [9.17, 15) is 0 Å². The minimum Gasteiger partial charge on any atom is -0.264 e. The van der Waals surface area contributed by atoms with E-state index in [1.807, 2.05) is 12.1 Å². The Kier molecular flexibility index (Phi) is 4.18. The predicted octanol–water partition coefficient (Wildman–Crippen LogP) is 2.32. The van der Waals surface area contributed by atoms with Gasteiger partial charge in [-0.15, -0.1) is 10.2 Å². The van der Waals surface area contributed by atoms with Gasteiger partial charge in [-0.1, -0.05) is 26.2 Å². The highest BCUT2D eigenvalue weighted by Crippen LogP contribution is 2.10. The molecule has 0 fully saturated rings. The molecule has 2 aromatic rings. The summed E-state index contributed by atoms with van der Waals surface area (Å²) in [4.78, 5) is 5.70. The molecule has 0 atom stereocenters. The number of aryl methyl sites for hydroxylation is 1. The fourth-order valence-electron chi connectivity index (χ4n) is 1.63. The van der Waals surface area contributed by atoms with Crippen molar-refractivity contribution >= 4 is 0 Å². The van der Waals surface area contributed by atoms with Crippen LogP contribution >= 0.6 is 0 Å². The average Bonchev–Trinajstić information content (AvgIpc) is 2.85. The number of hydrogen-bond acceptors (Lipinski definition) is 4. The van der Waals surface area contributed by atoms with Gasteiger partial charge in [-0.25, -0.2) is 0 Å². The standard InChI is InChI=1S/C12H17N5/c1-2-3-4-5-9-17-15-12(14-16-17)11-7-6-8-13-10-11/h6-8,10H,2-5,9H2,1H3. The van der Waals surface area contributed by atoms with Crippen LogP contribution in [0.25, 0.3) is 11.4 Å². The van der Waals surface area contributed by atoms with Crippen molar-refractivity contribution in [3.05, 3.63) is 24.5 Å². The van der Waals surface area contributed by atoms with Crippen molar-refractivity contribution < 1.29 is 0 Å². The monoisotopic (exact) mass is 231 g/mol. The molecule has 17 heavy (non-hydrogen) atoms. The maximum absolute atomic E-state index is 4.33. The zero-order valence-corrected chi connectivity index (χ0v) is 10.1. The second-order valence-electron chi connectivity index (χ2n) is 4.01. The van der Waals surface area contributed by atoms with E-state index in [0.717, 1.165) is 18.5 Å². The molecule has 0 aliphatic rings. The van der Waals surface area contributed by atoms with E-state index in [0.29, 0.717) is 5.82 Å². The summed E-state index contributed by atoms with van der Waals surface area (Å²) in [5, 5.41) is 12.4. The average molecular weight is 231 g/mol. The Balaban J connectivity index is 1.92. The molecular weight excluding hydrogens is 214 g/mol. The van der Waals surface area contributed by atoms with Crippen LogP contribution in [0.1, 0.15) is 32.6 Å². The molecule has 0 amide bonds. The quantitative estimate of drug-likeness (QED) is 0.716. The smallest absolute Gasteiger partial charge is 0.206 e. The molecule has 0 radical (unpaired) electrons. The zero-order valence-electron chi connectivity index (χ0n) is 10.1. The van der Waals surface area contributed by atoms with E-state index >= 15 is 0 Å². The van der Waals surface area contributed by atoms with Gasteiger partial charge in [-0.2, -0.15) is 4.80 Å². The number of unbranched alkanes of at least 4 members (excludes halogenated alkanes) is 3. The van der Waals surface area contributed by atoms with Gasteiger partial charge in [0.25, 0.3) is 0 Å². The zero-order chi connectivity index (χ0) is 11.9. The summed E-state index contributed by atoms with van der Waals surface area (Å²) in [6.07, 6.45) is 8.32. The predicted molar refractivity (Wildman–Crippen MR) is 65.2 cm³/mol. The summed E-state index contributed by atoms with van der Waals surface area (Å²) < 4.78 is 0. The summed E-state index contributed by atoms with van der Waals surface area (Å²) in [6.45, 7) is 3.04. The van der Waals surface area contributed by atoms with Gasteiger partial charge < -0.3 is 0 Å². The van der Waals surface area contributed by atoms with E-state index in [2.05, 4.69) is 27.3 Å². The molecule has 0 N–H and O–H groups in total. The SMILES string of the molecule is CCCCCCn1nnc(-c2cccnc2)n1. The lowest BCUT2D eigenvalue weighted by atomic mass is 10.2. The largest absolute Gasteiger partial charge is 0.264 e. The van der Waals surface area contributed by atoms with Gasteiger partial charge in [0.1, 0.15) is 0 Å². The van der Waals surface area contributed by atoms with Crippen LogP contribution in [0, 0.1) is 0 Å². The summed E-state index contributed by atoms with van der Waals surface area (Å²) in [6, 6.07) is 3.81. The minimum atomic E-state index is 0.647. The molecule has 5 nitrogen and oxygen atoms in total. The molecule has 90 valence electrons. The van der Waals surface area contributed by atoms with E-state index in [1.165, 1.54) is 19.3 Å². The lowest BCUT2D eigenvalue weighted by molar-refractivity contribution is 0.480. The molecule has 0 aromatic carbocycles. The van der Waals surface area contributed by atoms with Crippen LogP contribution in [-0.4, -0.2) is 25.2 Å². The lowest BCUT2D eigenvalue weighted by Crippen LogP contribution is -2.02. The van der Waals surface area contributed by atoms with Gasteiger partial charge in [0.05, 0.1) is 6.54 Å². The Morgan fingerprint density at radius 3 is 2.94 bits per heavy atom. The number of tetrazole rings is 1. The molecule has 0 saturated heterocycles. The Hall–Kier alpha value is -1.78. The third-order valence-electron chi connectivity index (χ3n) is 2.58. The second-order valence-corrected chi connectivity index (χ2v) is 4.01. The maximum atomic E-state index is 4.33. The molecule has 5 heteroatoms. The summed E-state index contributed by atoms with van der Waals surface area (Å²) in [7, 11) is 0. The van der Waals surface area contributed by atoms with E-state index < -0.39 is 0 Å². The van der Waals surface area contributed by atoms with Crippen molar-refractivity contribution in [3.8, 4) is 11.4 Å². The van der Waals surface area contributed by atoms with Crippen molar-refractivity contribution in [2.24, 2.45) is 0 Å². The van der Waals surface area contributed by atoms with Gasteiger partial charge >= 0.3 is 0 Å². The molecular formula is C12H17N5. The summed E-state index contributed by atoms with van der Waals surface area (Å²) in [5.41, 5.74) is 0.910. The third-order valence-corrected chi connectivity index (χ3v) is 2.58. The van der Waals surface area contributed by atoms with Crippen molar-refractivity contribution in [2.75, 3.05) is 0 Å². The maximum Gasteiger partial charge on any atom is 0.206 e. The number of pyridine rings is 1. The van der Waals surface area contributed by atoms with Crippen LogP contribution in [-0.2, 0) is 6.54 Å². The van der Waals surface area contributed by atoms with Crippen LogP contribution in [0.3, 0.4) is 0 Å². The minimum absolute atomic E-state index is 0.647. The van der Waals surface area contributed by atoms with Gasteiger partial charge in [-0.3, -0.25) is 4.98 Å². The van der Waals surface area contributed by atoms with E-state index in [-0.39, 0.29) is 0 Å². The highest BCUT2D eigenvalue weighted by molar-refractivity contribution is 5.51. The topological polar surface area (TPSA) is 56.5 Å².